The molecule has 1 amide bonds. The van der Waals surface area contributed by atoms with E-state index in [-0.39, 0.29) is 11.9 Å². The van der Waals surface area contributed by atoms with Crippen LogP contribution in [0, 0.1) is 0 Å². The molecule has 3 aromatic heterocycles. The van der Waals surface area contributed by atoms with Crippen LogP contribution >= 0.6 is 0 Å². The summed E-state index contributed by atoms with van der Waals surface area (Å²) in [5.41, 5.74) is 3.57. The Labute approximate surface area is 116 Å². The topological polar surface area (TPSA) is 75.6 Å². The van der Waals surface area contributed by atoms with Gasteiger partial charge in [0.05, 0.1) is 24.5 Å². The van der Waals surface area contributed by atoms with Crippen molar-refractivity contribution >= 4 is 28.0 Å². The highest BCUT2D eigenvalue weighted by molar-refractivity contribution is 6.04. The third-order valence-corrected chi connectivity index (χ3v) is 3.26. The SMILES string of the molecule is CC(C)NC(=O)Cc1c[nH]c2ncc3ncn(C)c3c12. The van der Waals surface area contributed by atoms with Crippen LogP contribution < -0.4 is 5.32 Å². The van der Waals surface area contributed by atoms with E-state index in [2.05, 4.69) is 20.3 Å². The van der Waals surface area contributed by atoms with Gasteiger partial charge in [-0.15, -0.1) is 0 Å². The molecular formula is C14H17N5O. The first kappa shape index (κ1) is 12.7. The molecule has 3 heterocycles. The minimum Gasteiger partial charge on any atom is -0.354 e. The van der Waals surface area contributed by atoms with E-state index in [1.807, 2.05) is 31.7 Å². The van der Waals surface area contributed by atoms with Crippen molar-refractivity contribution in [2.75, 3.05) is 0 Å². The number of imidazole rings is 1. The molecule has 0 aliphatic carbocycles. The van der Waals surface area contributed by atoms with E-state index < -0.39 is 0 Å². The average Bonchev–Trinajstić information content (AvgIpc) is 2.93. The fraction of sp³-hybridized carbons (Fsp3) is 0.357. The number of hydrogen-bond donors (Lipinski definition) is 2. The summed E-state index contributed by atoms with van der Waals surface area (Å²) in [7, 11) is 1.94. The second-order valence-electron chi connectivity index (χ2n) is 5.28. The number of carbonyl (C=O) groups excluding carboxylic acids is 1. The van der Waals surface area contributed by atoms with Crippen molar-refractivity contribution in [3.8, 4) is 0 Å². The molecule has 0 spiro atoms. The zero-order valence-corrected chi connectivity index (χ0v) is 11.8. The first-order valence-electron chi connectivity index (χ1n) is 6.61. The molecule has 0 unspecified atom stereocenters. The summed E-state index contributed by atoms with van der Waals surface area (Å²) in [4.78, 5) is 23.7. The molecule has 20 heavy (non-hydrogen) atoms. The fourth-order valence-corrected chi connectivity index (χ4v) is 2.48. The average molecular weight is 271 g/mol. The summed E-state index contributed by atoms with van der Waals surface area (Å²) in [6.45, 7) is 3.90. The van der Waals surface area contributed by atoms with Crippen molar-refractivity contribution in [3.05, 3.63) is 24.3 Å². The van der Waals surface area contributed by atoms with E-state index in [0.717, 1.165) is 27.6 Å². The zero-order valence-electron chi connectivity index (χ0n) is 11.8. The smallest absolute Gasteiger partial charge is 0.224 e. The fourth-order valence-electron chi connectivity index (χ4n) is 2.48. The Kier molecular flexibility index (Phi) is 2.93. The molecule has 3 rings (SSSR count). The van der Waals surface area contributed by atoms with Crippen molar-refractivity contribution in [2.45, 2.75) is 26.3 Å². The van der Waals surface area contributed by atoms with Crippen molar-refractivity contribution in [1.82, 2.24) is 24.8 Å². The van der Waals surface area contributed by atoms with E-state index >= 15 is 0 Å². The van der Waals surface area contributed by atoms with Gasteiger partial charge in [0.15, 0.2) is 0 Å². The molecule has 0 saturated carbocycles. The normalized spacial score (nSPS) is 11.6. The molecule has 0 bridgehead atoms. The molecule has 2 N–H and O–H groups in total. The molecule has 6 nitrogen and oxygen atoms in total. The van der Waals surface area contributed by atoms with Gasteiger partial charge in [0.2, 0.25) is 5.91 Å². The lowest BCUT2D eigenvalue weighted by Gasteiger charge is -2.07. The number of H-pyrrole nitrogens is 1. The Hall–Kier alpha value is -2.37. The summed E-state index contributed by atoms with van der Waals surface area (Å²) in [6.07, 6.45) is 5.69. The van der Waals surface area contributed by atoms with Gasteiger partial charge in [-0.05, 0) is 19.4 Å². The van der Waals surface area contributed by atoms with Gasteiger partial charge in [-0.2, -0.15) is 0 Å². The molecule has 0 fully saturated rings. The van der Waals surface area contributed by atoms with Crippen LogP contribution in [0.1, 0.15) is 19.4 Å². The van der Waals surface area contributed by atoms with Crippen LogP contribution in [0.25, 0.3) is 22.1 Å². The standard InChI is InChI=1S/C14H17N5O/c1-8(2)18-11(20)4-9-5-15-14-12(9)13-10(6-16-14)17-7-19(13)3/h5-8H,4H2,1-3H3,(H,15,16)(H,18,20). The lowest BCUT2D eigenvalue weighted by Crippen LogP contribution is -2.31. The lowest BCUT2D eigenvalue weighted by molar-refractivity contribution is -0.120. The van der Waals surface area contributed by atoms with Gasteiger partial charge in [0.1, 0.15) is 11.2 Å². The molecule has 6 heteroatoms. The van der Waals surface area contributed by atoms with Crippen LogP contribution in [0.5, 0.6) is 0 Å². The number of hydrogen-bond acceptors (Lipinski definition) is 3. The van der Waals surface area contributed by atoms with E-state index in [1.165, 1.54) is 0 Å². The van der Waals surface area contributed by atoms with Crippen LogP contribution in [0.15, 0.2) is 18.7 Å². The lowest BCUT2D eigenvalue weighted by atomic mass is 10.1. The highest BCUT2D eigenvalue weighted by atomic mass is 16.1. The number of nitrogens with one attached hydrogen (secondary N) is 2. The molecule has 3 aromatic rings. The number of nitrogens with zero attached hydrogens (tertiary/aromatic N) is 3. The maximum Gasteiger partial charge on any atom is 0.224 e. The van der Waals surface area contributed by atoms with Crippen LogP contribution in [0.2, 0.25) is 0 Å². The van der Waals surface area contributed by atoms with Crippen LogP contribution in [0.4, 0.5) is 0 Å². The second-order valence-corrected chi connectivity index (χ2v) is 5.28. The van der Waals surface area contributed by atoms with Gasteiger partial charge in [0, 0.05) is 24.7 Å². The minimum atomic E-state index is 0.0140. The molecule has 0 aromatic carbocycles. The summed E-state index contributed by atoms with van der Waals surface area (Å²) < 4.78 is 1.96. The number of amides is 1. The van der Waals surface area contributed by atoms with Crippen molar-refractivity contribution < 1.29 is 4.79 Å². The van der Waals surface area contributed by atoms with E-state index in [0.29, 0.717) is 6.42 Å². The first-order valence-corrected chi connectivity index (χ1v) is 6.61. The predicted octanol–water partition coefficient (Wildman–Crippen LogP) is 1.52. The summed E-state index contributed by atoms with van der Waals surface area (Å²) >= 11 is 0. The molecule has 0 saturated heterocycles. The van der Waals surface area contributed by atoms with Gasteiger partial charge in [-0.1, -0.05) is 0 Å². The molecule has 104 valence electrons. The highest BCUT2D eigenvalue weighted by Crippen LogP contribution is 2.25. The van der Waals surface area contributed by atoms with Gasteiger partial charge in [-0.25, -0.2) is 9.97 Å². The zero-order chi connectivity index (χ0) is 14.3. The van der Waals surface area contributed by atoms with Crippen LogP contribution in [0.3, 0.4) is 0 Å². The third kappa shape index (κ3) is 2.03. The van der Waals surface area contributed by atoms with E-state index in [1.54, 1.807) is 12.5 Å². The van der Waals surface area contributed by atoms with Crippen molar-refractivity contribution in [2.24, 2.45) is 7.05 Å². The number of pyridine rings is 1. The Balaban J connectivity index is 2.09. The number of aromatic nitrogens is 4. The monoisotopic (exact) mass is 271 g/mol. The Morgan fingerprint density at radius 1 is 1.45 bits per heavy atom. The maximum atomic E-state index is 12.0. The van der Waals surface area contributed by atoms with Gasteiger partial charge < -0.3 is 14.9 Å². The van der Waals surface area contributed by atoms with Crippen LogP contribution in [-0.2, 0) is 18.3 Å². The quantitative estimate of drug-likeness (QED) is 0.758. The number of carbonyl (C=O) groups is 1. The van der Waals surface area contributed by atoms with Crippen molar-refractivity contribution in [3.63, 3.8) is 0 Å². The van der Waals surface area contributed by atoms with Gasteiger partial charge in [-0.3, -0.25) is 4.79 Å². The first-order chi connectivity index (χ1) is 9.56. The predicted molar refractivity (Wildman–Crippen MR) is 77.3 cm³/mol. The number of aryl methyl sites for hydroxylation is 1. The summed E-state index contributed by atoms with van der Waals surface area (Å²) in [5.74, 6) is 0.0140. The summed E-state index contributed by atoms with van der Waals surface area (Å²) in [6, 6.07) is 0.141. The Morgan fingerprint density at radius 2 is 2.25 bits per heavy atom. The summed E-state index contributed by atoms with van der Waals surface area (Å²) in [5, 5.41) is 3.88. The number of rotatable bonds is 3. The number of aromatic amines is 1. The van der Waals surface area contributed by atoms with Gasteiger partial charge >= 0.3 is 0 Å². The van der Waals surface area contributed by atoms with E-state index in [9.17, 15) is 4.79 Å². The Morgan fingerprint density at radius 3 is 3.00 bits per heavy atom. The molecule has 0 aliphatic heterocycles. The molecule has 0 radical (unpaired) electrons. The third-order valence-electron chi connectivity index (χ3n) is 3.26. The van der Waals surface area contributed by atoms with E-state index in [4.69, 9.17) is 0 Å². The van der Waals surface area contributed by atoms with Gasteiger partial charge in [0.25, 0.3) is 0 Å². The highest BCUT2D eigenvalue weighted by Gasteiger charge is 2.15. The molecule has 0 atom stereocenters. The van der Waals surface area contributed by atoms with Crippen LogP contribution in [-0.4, -0.2) is 31.5 Å². The molecular weight excluding hydrogens is 254 g/mol. The van der Waals surface area contributed by atoms with Crippen molar-refractivity contribution in [1.29, 1.82) is 0 Å². The molecule has 0 aliphatic rings. The Bertz CT molecular complexity index is 783. The minimum absolute atomic E-state index is 0.0140. The second kappa shape index (κ2) is 4.63. The maximum absolute atomic E-state index is 12.0. The largest absolute Gasteiger partial charge is 0.354 e. The number of fused-ring (bicyclic) bond motifs is 3.